The van der Waals surface area contributed by atoms with Gasteiger partial charge in [-0.1, -0.05) is 74.5 Å². The number of para-hydroxylation sites is 1. The molecule has 0 radical (unpaired) electrons. The summed E-state index contributed by atoms with van der Waals surface area (Å²) < 4.78 is 26.7. The van der Waals surface area contributed by atoms with Gasteiger partial charge in [-0.3, -0.25) is 9.10 Å². The third-order valence-corrected chi connectivity index (χ3v) is 6.96. The number of benzene rings is 3. The third-order valence-electron chi connectivity index (χ3n) is 5.85. The highest BCUT2D eigenvalue weighted by Gasteiger charge is 2.22. The van der Waals surface area contributed by atoms with Crippen LogP contribution in [0.25, 0.3) is 0 Å². The maximum atomic E-state index is 13.0. The van der Waals surface area contributed by atoms with Crippen LogP contribution in [0.15, 0.2) is 72.8 Å². The molecule has 0 saturated carbocycles. The minimum atomic E-state index is -3.49. The maximum Gasteiger partial charge on any atom is 0.251 e. The largest absolute Gasteiger partial charge is 0.345 e. The van der Waals surface area contributed by atoms with E-state index in [9.17, 15) is 13.2 Å². The zero-order chi connectivity index (χ0) is 24.9. The maximum absolute atomic E-state index is 13.0. The van der Waals surface area contributed by atoms with Gasteiger partial charge in [-0.25, -0.2) is 8.42 Å². The molecule has 0 aliphatic carbocycles. The normalized spacial score (nSPS) is 12.4. The van der Waals surface area contributed by atoms with Gasteiger partial charge in [0.1, 0.15) is 0 Å². The molecule has 0 aliphatic heterocycles. The standard InChI is InChI=1S/C28H34N2O3S/c1-20(2)18-26(24-12-7-6-8-13-24)29-28(31)25-16-14-23(15-17-25)19-30(34(5,32)33)27-21(3)10-9-11-22(27)4/h6-17,20,26H,18-19H2,1-5H3,(H,29,31). The van der Waals surface area contributed by atoms with Gasteiger partial charge in [0.2, 0.25) is 10.0 Å². The number of hydrogen-bond donors (Lipinski definition) is 1. The van der Waals surface area contributed by atoms with Crippen LogP contribution in [-0.4, -0.2) is 20.6 Å². The van der Waals surface area contributed by atoms with Crippen molar-refractivity contribution >= 4 is 21.6 Å². The summed E-state index contributed by atoms with van der Waals surface area (Å²) in [6.07, 6.45) is 2.06. The van der Waals surface area contributed by atoms with Crippen molar-refractivity contribution in [2.24, 2.45) is 5.92 Å². The molecule has 34 heavy (non-hydrogen) atoms. The molecule has 6 heteroatoms. The van der Waals surface area contributed by atoms with Gasteiger partial charge >= 0.3 is 0 Å². The molecular formula is C28H34N2O3S. The first-order valence-corrected chi connectivity index (χ1v) is 13.4. The monoisotopic (exact) mass is 478 g/mol. The molecule has 5 nitrogen and oxygen atoms in total. The summed E-state index contributed by atoms with van der Waals surface area (Å²) in [7, 11) is -3.49. The lowest BCUT2D eigenvalue weighted by Crippen LogP contribution is -2.31. The van der Waals surface area contributed by atoms with Gasteiger partial charge in [0, 0.05) is 5.56 Å². The zero-order valence-corrected chi connectivity index (χ0v) is 21.4. The van der Waals surface area contributed by atoms with E-state index >= 15 is 0 Å². The Balaban J connectivity index is 1.80. The molecule has 0 fully saturated rings. The van der Waals surface area contributed by atoms with Crippen molar-refractivity contribution in [3.63, 3.8) is 0 Å². The van der Waals surface area contributed by atoms with Crippen molar-refractivity contribution in [1.82, 2.24) is 5.32 Å². The van der Waals surface area contributed by atoms with Crippen LogP contribution >= 0.6 is 0 Å². The van der Waals surface area contributed by atoms with Crippen LogP contribution in [0.3, 0.4) is 0 Å². The summed E-state index contributed by atoms with van der Waals surface area (Å²) in [5, 5.41) is 3.16. The van der Waals surface area contributed by atoms with Crippen molar-refractivity contribution < 1.29 is 13.2 Å². The number of sulfonamides is 1. The van der Waals surface area contributed by atoms with Crippen LogP contribution in [-0.2, 0) is 16.6 Å². The molecular weight excluding hydrogens is 444 g/mol. The predicted octanol–water partition coefficient (Wildman–Crippen LogP) is 5.79. The zero-order valence-electron chi connectivity index (χ0n) is 20.6. The fourth-order valence-corrected chi connectivity index (χ4v) is 5.17. The van der Waals surface area contributed by atoms with Crippen LogP contribution in [0.2, 0.25) is 0 Å². The topological polar surface area (TPSA) is 66.5 Å². The Morgan fingerprint density at radius 2 is 1.47 bits per heavy atom. The second-order valence-electron chi connectivity index (χ2n) is 9.27. The quantitative estimate of drug-likeness (QED) is 0.423. The Labute approximate surface area is 203 Å². The van der Waals surface area contributed by atoms with Gasteiger partial charge in [-0.2, -0.15) is 0 Å². The number of carbonyl (C=O) groups excluding carboxylic acids is 1. The van der Waals surface area contributed by atoms with Crippen LogP contribution < -0.4 is 9.62 Å². The van der Waals surface area contributed by atoms with E-state index in [1.54, 1.807) is 12.1 Å². The molecule has 3 aromatic rings. The average molecular weight is 479 g/mol. The molecule has 1 N–H and O–H groups in total. The molecule has 0 bridgehead atoms. The number of rotatable bonds is 9. The third kappa shape index (κ3) is 6.48. The van der Waals surface area contributed by atoms with Crippen molar-refractivity contribution in [2.75, 3.05) is 10.6 Å². The Morgan fingerprint density at radius 3 is 2.00 bits per heavy atom. The van der Waals surface area contributed by atoms with E-state index in [0.717, 1.165) is 28.7 Å². The number of nitrogens with one attached hydrogen (secondary N) is 1. The van der Waals surface area contributed by atoms with Crippen molar-refractivity contribution in [3.8, 4) is 0 Å². The van der Waals surface area contributed by atoms with Gasteiger partial charge in [0.15, 0.2) is 0 Å². The Morgan fingerprint density at radius 1 is 0.882 bits per heavy atom. The number of carbonyl (C=O) groups is 1. The molecule has 3 rings (SSSR count). The summed E-state index contributed by atoms with van der Waals surface area (Å²) in [4.78, 5) is 13.0. The van der Waals surface area contributed by atoms with E-state index < -0.39 is 10.0 Å². The summed E-state index contributed by atoms with van der Waals surface area (Å²) in [6, 6.07) is 22.8. The summed E-state index contributed by atoms with van der Waals surface area (Å²) in [6.45, 7) is 8.30. The first kappa shape index (κ1) is 25.5. The molecule has 180 valence electrons. The van der Waals surface area contributed by atoms with Crippen LogP contribution in [0.4, 0.5) is 5.69 Å². The Kier molecular flexibility index (Phi) is 8.15. The van der Waals surface area contributed by atoms with E-state index in [1.165, 1.54) is 10.6 Å². The van der Waals surface area contributed by atoms with Crippen LogP contribution in [0, 0.1) is 19.8 Å². The molecule has 0 heterocycles. The van der Waals surface area contributed by atoms with Gasteiger partial charge in [0.25, 0.3) is 5.91 Å². The first-order valence-electron chi connectivity index (χ1n) is 11.5. The first-order chi connectivity index (χ1) is 16.1. The van der Waals surface area contributed by atoms with Crippen LogP contribution in [0.5, 0.6) is 0 Å². The number of aryl methyl sites for hydroxylation is 2. The van der Waals surface area contributed by atoms with E-state index in [4.69, 9.17) is 0 Å². The average Bonchev–Trinajstić information content (AvgIpc) is 2.78. The molecule has 1 unspecified atom stereocenters. The van der Waals surface area contributed by atoms with Crippen molar-refractivity contribution in [3.05, 3.63) is 101 Å². The summed E-state index contributed by atoms with van der Waals surface area (Å²) in [5.41, 5.74) is 4.94. The van der Waals surface area contributed by atoms with E-state index in [0.29, 0.717) is 17.2 Å². The number of nitrogens with zero attached hydrogens (tertiary/aromatic N) is 1. The lowest BCUT2D eigenvalue weighted by Gasteiger charge is -2.26. The van der Waals surface area contributed by atoms with Gasteiger partial charge < -0.3 is 5.32 Å². The molecule has 1 amide bonds. The lowest BCUT2D eigenvalue weighted by molar-refractivity contribution is 0.0932. The highest BCUT2D eigenvalue weighted by molar-refractivity contribution is 7.92. The number of anilines is 1. The second kappa shape index (κ2) is 10.9. The van der Waals surface area contributed by atoms with Gasteiger partial charge in [-0.15, -0.1) is 0 Å². The molecule has 1 atom stereocenters. The van der Waals surface area contributed by atoms with E-state index in [-0.39, 0.29) is 18.5 Å². The second-order valence-corrected chi connectivity index (χ2v) is 11.2. The van der Waals surface area contributed by atoms with Gasteiger partial charge in [0.05, 0.1) is 24.5 Å². The number of amides is 1. The molecule has 0 aliphatic rings. The Bertz CT molecular complexity index is 1200. The van der Waals surface area contributed by atoms with Crippen molar-refractivity contribution in [2.45, 2.75) is 46.7 Å². The highest BCUT2D eigenvalue weighted by atomic mass is 32.2. The molecule has 0 saturated heterocycles. The van der Waals surface area contributed by atoms with E-state index in [2.05, 4.69) is 19.2 Å². The van der Waals surface area contributed by atoms with Crippen LogP contribution in [0.1, 0.15) is 58.9 Å². The molecule has 3 aromatic carbocycles. The number of hydrogen-bond acceptors (Lipinski definition) is 3. The minimum absolute atomic E-state index is 0.0712. The molecule has 0 spiro atoms. The molecule has 0 aromatic heterocycles. The summed E-state index contributed by atoms with van der Waals surface area (Å²) in [5.74, 6) is 0.288. The summed E-state index contributed by atoms with van der Waals surface area (Å²) >= 11 is 0. The fraction of sp³-hybridized carbons (Fsp3) is 0.321. The SMILES string of the molecule is Cc1cccc(C)c1N(Cc1ccc(C(=O)NC(CC(C)C)c2ccccc2)cc1)S(C)(=O)=O. The smallest absolute Gasteiger partial charge is 0.251 e. The Hall–Kier alpha value is -3.12. The lowest BCUT2D eigenvalue weighted by atomic mass is 9.96. The fourth-order valence-electron chi connectivity index (χ4n) is 4.17. The minimum Gasteiger partial charge on any atom is -0.345 e. The highest BCUT2D eigenvalue weighted by Crippen LogP contribution is 2.28. The van der Waals surface area contributed by atoms with E-state index in [1.807, 2.05) is 74.5 Å². The predicted molar refractivity (Wildman–Crippen MR) is 139 cm³/mol. The van der Waals surface area contributed by atoms with Gasteiger partial charge in [-0.05, 0) is 60.6 Å². The van der Waals surface area contributed by atoms with Crippen molar-refractivity contribution in [1.29, 1.82) is 0 Å².